The number of nitrogens with zero attached hydrogens (tertiary/aromatic N) is 2. The van der Waals surface area contributed by atoms with Gasteiger partial charge in [-0.05, 0) is 43.2 Å². The smallest absolute Gasteiger partial charge is 0.326 e. The van der Waals surface area contributed by atoms with Gasteiger partial charge in [-0.3, -0.25) is 14.2 Å². The van der Waals surface area contributed by atoms with Gasteiger partial charge in [0.1, 0.15) is 17.5 Å². The van der Waals surface area contributed by atoms with E-state index in [0.717, 1.165) is 43.2 Å². The minimum absolute atomic E-state index is 0.00122. The van der Waals surface area contributed by atoms with E-state index >= 15 is 0 Å². The molecule has 1 saturated carbocycles. The zero-order valence-corrected chi connectivity index (χ0v) is 16.1. The van der Waals surface area contributed by atoms with Crippen LogP contribution in [0.5, 0.6) is 0 Å². The van der Waals surface area contributed by atoms with Crippen molar-refractivity contribution in [2.45, 2.75) is 51.7 Å². The van der Waals surface area contributed by atoms with E-state index in [-0.39, 0.29) is 24.2 Å². The summed E-state index contributed by atoms with van der Waals surface area (Å²) in [6.45, 7) is 2.02. The highest BCUT2D eigenvalue weighted by Gasteiger charge is 2.20. The summed E-state index contributed by atoms with van der Waals surface area (Å²) < 4.78 is 6.84. The number of thiophene rings is 1. The number of rotatable bonds is 5. The number of carbonyl (C=O) groups is 1. The topological polar surface area (TPSA) is 61.2 Å². The first kappa shape index (κ1) is 17.9. The maximum atomic E-state index is 13.0. The normalized spacial score (nSPS) is 14.7. The molecule has 4 rings (SSSR count). The third-order valence-electron chi connectivity index (χ3n) is 5.13. The van der Waals surface area contributed by atoms with Crippen molar-refractivity contribution in [1.82, 2.24) is 9.55 Å². The molecule has 0 unspecified atom stereocenters. The lowest BCUT2D eigenvalue weighted by molar-refractivity contribution is -0.149. The van der Waals surface area contributed by atoms with E-state index in [1.54, 1.807) is 0 Å². The van der Waals surface area contributed by atoms with Crippen molar-refractivity contribution in [2.75, 3.05) is 0 Å². The van der Waals surface area contributed by atoms with Crippen molar-refractivity contribution in [3.05, 3.63) is 51.9 Å². The Labute approximate surface area is 161 Å². The third-order valence-corrected chi connectivity index (χ3v) is 6.02. The zero-order chi connectivity index (χ0) is 18.8. The van der Waals surface area contributed by atoms with Crippen molar-refractivity contribution in [2.24, 2.45) is 0 Å². The van der Waals surface area contributed by atoms with Gasteiger partial charge in [-0.15, -0.1) is 11.3 Å². The average molecular weight is 382 g/mol. The molecule has 6 heteroatoms. The number of fused-ring (bicyclic) bond motifs is 1. The van der Waals surface area contributed by atoms with E-state index in [2.05, 4.69) is 24.0 Å². The lowest BCUT2D eigenvalue weighted by atomic mass is 10.0. The highest BCUT2D eigenvalue weighted by Crippen LogP contribution is 2.30. The molecule has 0 N–H and O–H groups in total. The number of aromatic nitrogens is 2. The third kappa shape index (κ3) is 3.67. The zero-order valence-electron chi connectivity index (χ0n) is 15.3. The van der Waals surface area contributed by atoms with Crippen molar-refractivity contribution in [1.29, 1.82) is 0 Å². The molecule has 1 aliphatic rings. The van der Waals surface area contributed by atoms with E-state index < -0.39 is 0 Å². The number of carbonyl (C=O) groups excluding carboxylic acids is 1. The van der Waals surface area contributed by atoms with Gasteiger partial charge in [0, 0.05) is 10.9 Å². The van der Waals surface area contributed by atoms with Crippen LogP contribution in [0.4, 0.5) is 0 Å². The Bertz CT molecular complexity index is 1010. The predicted octanol–water partition coefficient (Wildman–Crippen LogP) is 4.17. The van der Waals surface area contributed by atoms with E-state index in [9.17, 15) is 9.59 Å². The molecule has 27 heavy (non-hydrogen) atoms. The van der Waals surface area contributed by atoms with Crippen LogP contribution in [0, 0.1) is 0 Å². The fourth-order valence-electron chi connectivity index (χ4n) is 3.58. The monoisotopic (exact) mass is 382 g/mol. The molecule has 0 radical (unpaired) electrons. The number of benzene rings is 1. The number of aryl methyl sites for hydroxylation is 1. The Balaban J connectivity index is 1.64. The van der Waals surface area contributed by atoms with E-state index in [4.69, 9.17) is 4.74 Å². The van der Waals surface area contributed by atoms with Gasteiger partial charge in [0.05, 0.1) is 11.7 Å². The fourth-order valence-corrected chi connectivity index (χ4v) is 4.49. The Morgan fingerprint density at radius 3 is 2.70 bits per heavy atom. The lowest BCUT2D eigenvalue weighted by Crippen LogP contribution is -2.27. The first-order chi connectivity index (χ1) is 13.2. The lowest BCUT2D eigenvalue weighted by Gasteiger charge is -2.12. The molecule has 1 aromatic carbocycles. The van der Waals surface area contributed by atoms with Gasteiger partial charge >= 0.3 is 5.97 Å². The molecule has 0 aliphatic heterocycles. The second kappa shape index (κ2) is 7.64. The van der Waals surface area contributed by atoms with E-state index in [0.29, 0.717) is 10.2 Å². The summed E-state index contributed by atoms with van der Waals surface area (Å²) in [6.07, 6.45) is 6.45. The van der Waals surface area contributed by atoms with E-state index in [1.807, 2.05) is 17.5 Å². The molecule has 0 spiro atoms. The maximum Gasteiger partial charge on any atom is 0.326 e. The van der Waals surface area contributed by atoms with E-state index in [1.165, 1.54) is 27.8 Å². The van der Waals surface area contributed by atoms with Crippen LogP contribution in [0.25, 0.3) is 21.3 Å². The van der Waals surface area contributed by atoms with Gasteiger partial charge in [-0.1, -0.05) is 31.2 Å². The van der Waals surface area contributed by atoms with Gasteiger partial charge in [0.15, 0.2) is 0 Å². The molecule has 2 heterocycles. The average Bonchev–Trinajstić information content (AvgIpc) is 3.34. The van der Waals surface area contributed by atoms with Crippen LogP contribution in [-0.2, 0) is 22.5 Å². The quantitative estimate of drug-likeness (QED) is 0.621. The SMILES string of the molecule is CCc1ccc(-c2csc3ncn(CC(=O)OC4CCCC4)c(=O)c23)cc1. The van der Waals surface area contributed by atoms with Crippen LogP contribution in [0.1, 0.15) is 38.2 Å². The minimum atomic E-state index is -0.366. The summed E-state index contributed by atoms with van der Waals surface area (Å²) in [6, 6.07) is 8.22. The molecular formula is C21H22N2O3S. The number of hydrogen-bond donors (Lipinski definition) is 0. The summed E-state index contributed by atoms with van der Waals surface area (Å²) in [7, 11) is 0. The summed E-state index contributed by atoms with van der Waals surface area (Å²) in [5, 5.41) is 2.53. The number of ether oxygens (including phenoxy) is 1. The molecule has 0 bridgehead atoms. The van der Waals surface area contributed by atoms with Crippen molar-refractivity contribution in [3.63, 3.8) is 0 Å². The Kier molecular flexibility index (Phi) is 5.07. The Morgan fingerprint density at radius 1 is 1.26 bits per heavy atom. The van der Waals surface area contributed by atoms with Gasteiger partial charge in [0.2, 0.25) is 0 Å². The number of hydrogen-bond acceptors (Lipinski definition) is 5. The highest BCUT2D eigenvalue weighted by atomic mass is 32.1. The summed E-state index contributed by atoms with van der Waals surface area (Å²) in [5.74, 6) is -0.366. The van der Waals surface area contributed by atoms with Crippen LogP contribution < -0.4 is 5.56 Å². The van der Waals surface area contributed by atoms with Crippen LogP contribution >= 0.6 is 11.3 Å². The first-order valence-electron chi connectivity index (χ1n) is 9.41. The molecule has 2 aromatic heterocycles. The van der Waals surface area contributed by atoms with Crippen LogP contribution in [0.2, 0.25) is 0 Å². The largest absolute Gasteiger partial charge is 0.461 e. The molecular weight excluding hydrogens is 360 g/mol. The minimum Gasteiger partial charge on any atom is -0.461 e. The maximum absolute atomic E-state index is 13.0. The molecule has 1 aliphatic carbocycles. The second-order valence-electron chi connectivity index (χ2n) is 6.95. The van der Waals surface area contributed by atoms with Gasteiger partial charge in [-0.2, -0.15) is 0 Å². The molecule has 140 valence electrons. The Morgan fingerprint density at radius 2 is 2.00 bits per heavy atom. The molecule has 3 aromatic rings. The molecule has 0 amide bonds. The number of esters is 1. The molecule has 0 saturated heterocycles. The van der Waals surface area contributed by atoms with Crippen LogP contribution in [0.15, 0.2) is 40.8 Å². The van der Waals surface area contributed by atoms with Crippen molar-refractivity contribution in [3.8, 4) is 11.1 Å². The predicted molar refractivity (Wildman–Crippen MR) is 107 cm³/mol. The van der Waals surface area contributed by atoms with Gasteiger partial charge in [-0.25, -0.2) is 4.98 Å². The molecule has 0 atom stereocenters. The van der Waals surface area contributed by atoms with Gasteiger partial charge < -0.3 is 4.74 Å². The standard InChI is InChI=1S/C21H22N2O3S/c1-2-14-7-9-15(10-8-14)17-12-27-20-19(17)21(25)23(13-22-20)11-18(24)26-16-5-3-4-6-16/h7-10,12-13,16H,2-6,11H2,1H3. The molecule has 5 nitrogen and oxygen atoms in total. The first-order valence-corrected chi connectivity index (χ1v) is 10.3. The van der Waals surface area contributed by atoms with Crippen LogP contribution in [0.3, 0.4) is 0 Å². The summed E-state index contributed by atoms with van der Waals surface area (Å²) >= 11 is 1.45. The second-order valence-corrected chi connectivity index (χ2v) is 7.81. The van der Waals surface area contributed by atoms with Crippen molar-refractivity contribution < 1.29 is 9.53 Å². The summed E-state index contributed by atoms with van der Waals surface area (Å²) in [4.78, 5) is 30.3. The molecule has 1 fully saturated rings. The summed E-state index contributed by atoms with van der Waals surface area (Å²) in [5.41, 5.74) is 2.92. The fraction of sp³-hybridized carbons (Fsp3) is 0.381. The van der Waals surface area contributed by atoms with Gasteiger partial charge in [0.25, 0.3) is 5.56 Å². The van der Waals surface area contributed by atoms with Crippen LogP contribution in [-0.4, -0.2) is 21.6 Å². The van der Waals surface area contributed by atoms with Crippen molar-refractivity contribution >= 4 is 27.5 Å². The Hall–Kier alpha value is -2.47. The highest BCUT2D eigenvalue weighted by molar-refractivity contribution is 7.17.